The number of carbonyl (C=O) groups is 1. The van der Waals surface area contributed by atoms with Crippen LogP contribution in [0.2, 0.25) is 0 Å². The Morgan fingerprint density at radius 2 is 2.21 bits per heavy atom. The maximum atomic E-state index is 12.0. The molecular formula is C14H26N2O3. The van der Waals surface area contributed by atoms with Gasteiger partial charge in [-0.3, -0.25) is 9.69 Å². The lowest BCUT2D eigenvalue weighted by Gasteiger charge is -2.46. The van der Waals surface area contributed by atoms with Gasteiger partial charge in [0.2, 0.25) is 0 Å². The van der Waals surface area contributed by atoms with Crippen LogP contribution in [0, 0.1) is 0 Å². The largest absolute Gasteiger partial charge is 0.468 e. The number of morpholine rings is 1. The van der Waals surface area contributed by atoms with Gasteiger partial charge in [-0.2, -0.15) is 0 Å². The Hall–Kier alpha value is -0.650. The second-order valence-electron chi connectivity index (χ2n) is 6.28. The van der Waals surface area contributed by atoms with Gasteiger partial charge < -0.3 is 14.8 Å². The Labute approximate surface area is 115 Å². The predicted molar refractivity (Wildman–Crippen MR) is 73.0 cm³/mol. The van der Waals surface area contributed by atoms with Crippen molar-refractivity contribution >= 4 is 5.97 Å². The molecule has 0 aromatic rings. The highest BCUT2D eigenvalue weighted by molar-refractivity contribution is 5.81. The quantitative estimate of drug-likeness (QED) is 0.768. The van der Waals surface area contributed by atoms with Gasteiger partial charge in [0.05, 0.1) is 20.3 Å². The molecule has 2 atom stereocenters. The van der Waals surface area contributed by atoms with Crippen molar-refractivity contribution in [3.05, 3.63) is 0 Å². The summed E-state index contributed by atoms with van der Waals surface area (Å²) in [6, 6.07) is 0.422. The van der Waals surface area contributed by atoms with Crippen molar-refractivity contribution in [2.75, 3.05) is 33.9 Å². The van der Waals surface area contributed by atoms with Crippen molar-refractivity contribution in [2.24, 2.45) is 0 Å². The molecule has 19 heavy (non-hydrogen) atoms. The van der Waals surface area contributed by atoms with Crippen molar-refractivity contribution in [2.45, 2.75) is 50.2 Å². The number of carbonyl (C=O) groups excluding carboxylic acids is 1. The third-order valence-electron chi connectivity index (χ3n) is 4.69. The van der Waals surface area contributed by atoms with Gasteiger partial charge in [-0.25, -0.2) is 0 Å². The minimum Gasteiger partial charge on any atom is -0.468 e. The Kier molecular flexibility index (Phi) is 4.18. The number of methoxy groups -OCH3 is 1. The third kappa shape index (κ3) is 2.64. The first kappa shape index (κ1) is 14.8. The third-order valence-corrected chi connectivity index (χ3v) is 4.69. The van der Waals surface area contributed by atoms with E-state index >= 15 is 0 Å². The number of nitrogens with one attached hydrogen (secondary N) is 1. The maximum absolute atomic E-state index is 12.0. The summed E-state index contributed by atoms with van der Waals surface area (Å²) in [5.41, 5.74) is -0.462. The zero-order valence-corrected chi connectivity index (χ0v) is 12.5. The van der Waals surface area contributed by atoms with E-state index in [0.29, 0.717) is 6.04 Å². The molecule has 1 aliphatic heterocycles. The molecule has 2 unspecified atom stereocenters. The summed E-state index contributed by atoms with van der Waals surface area (Å²) in [5, 5.41) is 3.19. The first-order valence-corrected chi connectivity index (χ1v) is 7.07. The molecule has 0 bridgehead atoms. The number of nitrogens with zero attached hydrogens (tertiary/aromatic N) is 1. The molecule has 2 fully saturated rings. The van der Waals surface area contributed by atoms with Crippen LogP contribution in [0.4, 0.5) is 0 Å². The topological polar surface area (TPSA) is 50.8 Å². The molecule has 110 valence electrons. The summed E-state index contributed by atoms with van der Waals surface area (Å²) < 4.78 is 10.5. The molecule has 1 N–H and O–H groups in total. The highest BCUT2D eigenvalue weighted by atomic mass is 16.5. The van der Waals surface area contributed by atoms with Crippen LogP contribution in [-0.4, -0.2) is 61.9 Å². The number of ether oxygens (including phenoxy) is 2. The highest BCUT2D eigenvalue weighted by Crippen LogP contribution is 2.37. The minimum absolute atomic E-state index is 0.0445. The molecule has 0 amide bonds. The smallest absolute Gasteiger partial charge is 0.326 e. The van der Waals surface area contributed by atoms with Crippen molar-refractivity contribution in [1.82, 2.24) is 10.2 Å². The molecule has 1 heterocycles. The van der Waals surface area contributed by atoms with Gasteiger partial charge in [-0.1, -0.05) is 0 Å². The van der Waals surface area contributed by atoms with E-state index in [2.05, 4.69) is 24.1 Å². The molecule has 0 radical (unpaired) electrons. The van der Waals surface area contributed by atoms with Crippen molar-refractivity contribution in [3.8, 4) is 0 Å². The maximum Gasteiger partial charge on any atom is 0.326 e. The normalized spacial score (nSPS) is 35.3. The molecule has 0 aromatic heterocycles. The van der Waals surface area contributed by atoms with Crippen LogP contribution in [-0.2, 0) is 14.3 Å². The molecular weight excluding hydrogens is 244 g/mol. The summed E-state index contributed by atoms with van der Waals surface area (Å²) >= 11 is 0. The van der Waals surface area contributed by atoms with Crippen LogP contribution in [0.15, 0.2) is 0 Å². The van der Waals surface area contributed by atoms with E-state index in [9.17, 15) is 4.79 Å². The first-order valence-electron chi connectivity index (χ1n) is 7.07. The molecule has 0 aromatic carbocycles. The van der Waals surface area contributed by atoms with E-state index in [0.717, 1.165) is 39.0 Å². The van der Waals surface area contributed by atoms with Gasteiger partial charge in [0.15, 0.2) is 0 Å². The molecule has 0 spiro atoms. The standard InChI is InChI=1S/C14H26N2O3/c1-13(2)10-19-8-7-16(13)11-5-6-14(9-11,15-3)12(17)18-4/h11,15H,5-10H2,1-4H3. The van der Waals surface area contributed by atoms with Gasteiger partial charge >= 0.3 is 5.97 Å². The fraction of sp³-hybridized carbons (Fsp3) is 0.929. The van der Waals surface area contributed by atoms with E-state index < -0.39 is 5.54 Å². The highest BCUT2D eigenvalue weighted by Gasteiger charge is 2.49. The van der Waals surface area contributed by atoms with Crippen LogP contribution in [0.3, 0.4) is 0 Å². The summed E-state index contributed by atoms with van der Waals surface area (Å²) in [4.78, 5) is 14.5. The Bertz CT molecular complexity index is 346. The SMILES string of the molecule is CNC1(C(=O)OC)CCC(N2CCOCC2(C)C)C1. The lowest BCUT2D eigenvalue weighted by Crippen LogP contribution is -2.58. The van der Waals surface area contributed by atoms with Crippen molar-refractivity contribution in [3.63, 3.8) is 0 Å². The van der Waals surface area contributed by atoms with E-state index in [1.807, 2.05) is 7.05 Å². The molecule has 1 saturated heterocycles. The summed E-state index contributed by atoms with van der Waals surface area (Å²) in [5.74, 6) is -0.136. The molecule has 2 rings (SSSR count). The van der Waals surface area contributed by atoms with E-state index in [1.165, 1.54) is 7.11 Å². The lowest BCUT2D eigenvalue weighted by molar-refractivity contribution is -0.148. The number of hydrogen-bond acceptors (Lipinski definition) is 5. The number of likely N-dealkylation sites (N-methyl/N-ethyl adjacent to an activating group) is 1. The number of hydrogen-bond donors (Lipinski definition) is 1. The average molecular weight is 270 g/mol. The van der Waals surface area contributed by atoms with Crippen molar-refractivity contribution in [1.29, 1.82) is 0 Å². The monoisotopic (exact) mass is 270 g/mol. The Morgan fingerprint density at radius 3 is 2.79 bits per heavy atom. The summed E-state index contributed by atoms with van der Waals surface area (Å²) in [6.45, 7) is 6.91. The predicted octanol–water partition coefficient (Wildman–Crippen LogP) is 0.781. The van der Waals surface area contributed by atoms with E-state index in [-0.39, 0.29) is 11.5 Å². The minimum atomic E-state index is -0.506. The molecule has 5 nitrogen and oxygen atoms in total. The number of rotatable bonds is 3. The molecule has 1 saturated carbocycles. The van der Waals surface area contributed by atoms with Crippen LogP contribution >= 0.6 is 0 Å². The Balaban J connectivity index is 2.10. The second kappa shape index (κ2) is 5.38. The van der Waals surface area contributed by atoms with Crippen LogP contribution in [0.5, 0.6) is 0 Å². The van der Waals surface area contributed by atoms with Crippen LogP contribution in [0.25, 0.3) is 0 Å². The second-order valence-corrected chi connectivity index (χ2v) is 6.28. The van der Waals surface area contributed by atoms with Gasteiger partial charge in [0.25, 0.3) is 0 Å². The average Bonchev–Trinajstić information content (AvgIpc) is 2.82. The Morgan fingerprint density at radius 1 is 1.47 bits per heavy atom. The van der Waals surface area contributed by atoms with Gasteiger partial charge in [-0.15, -0.1) is 0 Å². The van der Waals surface area contributed by atoms with E-state index in [1.54, 1.807) is 0 Å². The fourth-order valence-corrected chi connectivity index (χ4v) is 3.54. The fourth-order valence-electron chi connectivity index (χ4n) is 3.54. The van der Waals surface area contributed by atoms with E-state index in [4.69, 9.17) is 9.47 Å². The van der Waals surface area contributed by atoms with Crippen LogP contribution in [0.1, 0.15) is 33.1 Å². The zero-order valence-electron chi connectivity index (χ0n) is 12.5. The molecule has 2 aliphatic rings. The number of esters is 1. The van der Waals surface area contributed by atoms with Crippen LogP contribution < -0.4 is 5.32 Å². The zero-order chi connectivity index (χ0) is 14.1. The molecule has 1 aliphatic carbocycles. The van der Waals surface area contributed by atoms with Crippen molar-refractivity contribution < 1.29 is 14.3 Å². The first-order chi connectivity index (χ1) is 8.95. The van der Waals surface area contributed by atoms with Gasteiger partial charge in [-0.05, 0) is 40.2 Å². The summed E-state index contributed by atoms with van der Waals surface area (Å²) in [6.07, 6.45) is 2.69. The summed E-state index contributed by atoms with van der Waals surface area (Å²) in [7, 11) is 3.32. The van der Waals surface area contributed by atoms with Gasteiger partial charge in [0, 0.05) is 18.1 Å². The lowest BCUT2D eigenvalue weighted by atomic mass is 9.95. The van der Waals surface area contributed by atoms with Gasteiger partial charge in [0.1, 0.15) is 5.54 Å². The molecule has 5 heteroatoms.